The molecule has 2 saturated heterocycles. The van der Waals surface area contributed by atoms with Crippen LogP contribution in [0.25, 0.3) is 0 Å². The van der Waals surface area contributed by atoms with Crippen molar-refractivity contribution in [2.75, 3.05) is 32.9 Å². The smallest absolute Gasteiger partial charge is 0.251 e. The molecule has 1 aromatic carbocycles. The van der Waals surface area contributed by atoms with Gasteiger partial charge in [0.05, 0.1) is 19.8 Å². The molecule has 0 radical (unpaired) electrons. The van der Waals surface area contributed by atoms with Crippen molar-refractivity contribution in [3.05, 3.63) is 29.8 Å². The van der Waals surface area contributed by atoms with Gasteiger partial charge in [-0.3, -0.25) is 9.59 Å². The summed E-state index contributed by atoms with van der Waals surface area (Å²) in [6.45, 7) is 9.01. The summed E-state index contributed by atoms with van der Waals surface area (Å²) in [5.74, 6) is 0.776. The summed E-state index contributed by atoms with van der Waals surface area (Å²) in [4.78, 5) is 27.6. The van der Waals surface area contributed by atoms with Gasteiger partial charge in [-0.05, 0) is 49.9 Å². The molecule has 29 heavy (non-hydrogen) atoms. The van der Waals surface area contributed by atoms with E-state index < -0.39 is 6.04 Å². The first-order valence-electron chi connectivity index (χ1n) is 10.5. The van der Waals surface area contributed by atoms with Crippen molar-refractivity contribution in [2.45, 2.75) is 45.9 Å². The maximum atomic E-state index is 13.1. The molecule has 1 N–H and O–H groups in total. The standard InChI is InChI=1S/C22H32N2O5/c1-4-27-18-7-5-16(6-8-18)20(25)23-19(15(2)3)21(26)24-11-9-17(10-12-24)22-28-13-14-29-22/h5-8,15,17,19,22H,4,9-14H2,1-3H3,(H,23,25). The molecule has 1 atom stereocenters. The van der Waals surface area contributed by atoms with Crippen LogP contribution in [0.2, 0.25) is 0 Å². The highest BCUT2D eigenvalue weighted by Gasteiger charge is 2.35. The summed E-state index contributed by atoms with van der Waals surface area (Å²) in [6, 6.07) is 6.42. The first kappa shape index (κ1) is 21.6. The van der Waals surface area contributed by atoms with Gasteiger partial charge in [-0.2, -0.15) is 0 Å². The van der Waals surface area contributed by atoms with Crippen LogP contribution in [-0.2, 0) is 14.3 Å². The molecule has 0 aliphatic carbocycles. The number of benzene rings is 1. The van der Waals surface area contributed by atoms with Crippen LogP contribution in [0.5, 0.6) is 5.75 Å². The molecule has 160 valence electrons. The van der Waals surface area contributed by atoms with Gasteiger partial charge in [0.25, 0.3) is 5.91 Å². The van der Waals surface area contributed by atoms with Crippen LogP contribution in [0.15, 0.2) is 24.3 Å². The van der Waals surface area contributed by atoms with E-state index in [0.717, 1.165) is 18.6 Å². The molecule has 0 saturated carbocycles. The van der Waals surface area contributed by atoms with Gasteiger partial charge < -0.3 is 24.4 Å². The van der Waals surface area contributed by atoms with E-state index in [9.17, 15) is 9.59 Å². The Morgan fingerprint density at radius 1 is 1.14 bits per heavy atom. The minimum Gasteiger partial charge on any atom is -0.494 e. The number of hydrogen-bond acceptors (Lipinski definition) is 5. The number of rotatable bonds is 7. The molecule has 2 heterocycles. The highest BCUT2D eigenvalue weighted by Crippen LogP contribution is 2.26. The summed E-state index contributed by atoms with van der Waals surface area (Å²) in [5, 5.41) is 2.93. The van der Waals surface area contributed by atoms with E-state index in [4.69, 9.17) is 14.2 Å². The molecule has 2 aliphatic rings. The van der Waals surface area contributed by atoms with Crippen LogP contribution in [-0.4, -0.2) is 62.0 Å². The lowest BCUT2D eigenvalue weighted by Crippen LogP contribution is -2.53. The van der Waals surface area contributed by atoms with E-state index in [1.165, 1.54) is 0 Å². The number of nitrogens with zero attached hydrogens (tertiary/aromatic N) is 1. The van der Waals surface area contributed by atoms with Crippen molar-refractivity contribution in [1.29, 1.82) is 0 Å². The highest BCUT2D eigenvalue weighted by molar-refractivity contribution is 5.97. The van der Waals surface area contributed by atoms with Crippen molar-refractivity contribution in [1.82, 2.24) is 10.2 Å². The van der Waals surface area contributed by atoms with Crippen LogP contribution in [0.1, 0.15) is 44.0 Å². The molecule has 1 unspecified atom stereocenters. The lowest BCUT2D eigenvalue weighted by atomic mass is 9.94. The SMILES string of the molecule is CCOc1ccc(C(=O)NC(C(=O)N2CCC(C3OCCO3)CC2)C(C)C)cc1. The van der Waals surface area contributed by atoms with E-state index >= 15 is 0 Å². The number of nitrogens with one attached hydrogen (secondary N) is 1. The minimum absolute atomic E-state index is 0.00614. The molecule has 2 aliphatic heterocycles. The number of carbonyl (C=O) groups excluding carboxylic acids is 2. The zero-order valence-electron chi connectivity index (χ0n) is 17.6. The van der Waals surface area contributed by atoms with E-state index in [2.05, 4.69) is 5.32 Å². The molecule has 3 rings (SSSR count). The Bertz CT molecular complexity index is 677. The topological polar surface area (TPSA) is 77.1 Å². The minimum atomic E-state index is -0.551. The van der Waals surface area contributed by atoms with Crippen LogP contribution in [0, 0.1) is 11.8 Å². The molecule has 0 aromatic heterocycles. The number of carbonyl (C=O) groups is 2. The third-order valence-corrected chi connectivity index (χ3v) is 5.53. The zero-order chi connectivity index (χ0) is 20.8. The van der Waals surface area contributed by atoms with Crippen molar-refractivity contribution in [3.63, 3.8) is 0 Å². The summed E-state index contributed by atoms with van der Waals surface area (Å²) in [5.41, 5.74) is 0.515. The van der Waals surface area contributed by atoms with Crippen LogP contribution >= 0.6 is 0 Å². The number of likely N-dealkylation sites (tertiary alicyclic amines) is 1. The average Bonchev–Trinajstić information content (AvgIpc) is 3.27. The molecular formula is C22H32N2O5. The normalized spacial score (nSPS) is 19.4. The van der Waals surface area contributed by atoms with Crippen molar-refractivity contribution < 1.29 is 23.8 Å². The van der Waals surface area contributed by atoms with Gasteiger partial charge in [-0.15, -0.1) is 0 Å². The Morgan fingerprint density at radius 2 is 1.76 bits per heavy atom. The summed E-state index contributed by atoms with van der Waals surface area (Å²) >= 11 is 0. The number of piperidine rings is 1. The van der Waals surface area contributed by atoms with Crippen LogP contribution < -0.4 is 10.1 Å². The Morgan fingerprint density at radius 3 is 2.31 bits per heavy atom. The predicted molar refractivity (Wildman–Crippen MR) is 109 cm³/mol. The maximum Gasteiger partial charge on any atom is 0.251 e. The molecule has 2 fully saturated rings. The van der Waals surface area contributed by atoms with Crippen LogP contribution in [0.3, 0.4) is 0 Å². The van der Waals surface area contributed by atoms with Crippen molar-refractivity contribution >= 4 is 11.8 Å². The van der Waals surface area contributed by atoms with E-state index in [0.29, 0.717) is 44.4 Å². The fourth-order valence-electron chi connectivity index (χ4n) is 3.84. The molecule has 1 aromatic rings. The lowest BCUT2D eigenvalue weighted by Gasteiger charge is -2.36. The first-order chi connectivity index (χ1) is 14.0. The van der Waals surface area contributed by atoms with E-state index in [-0.39, 0.29) is 24.0 Å². The Hall–Kier alpha value is -2.12. The second kappa shape index (κ2) is 10.1. The fraction of sp³-hybridized carbons (Fsp3) is 0.636. The van der Waals surface area contributed by atoms with Gasteiger partial charge in [0.1, 0.15) is 11.8 Å². The average molecular weight is 405 g/mol. The highest BCUT2D eigenvalue weighted by atomic mass is 16.7. The van der Waals surface area contributed by atoms with Crippen molar-refractivity contribution in [3.8, 4) is 5.75 Å². The molecule has 2 amide bonds. The molecule has 0 bridgehead atoms. The van der Waals surface area contributed by atoms with Gasteiger partial charge in [0, 0.05) is 24.6 Å². The van der Waals surface area contributed by atoms with E-state index in [1.807, 2.05) is 25.7 Å². The second-order valence-corrected chi connectivity index (χ2v) is 7.93. The quantitative estimate of drug-likeness (QED) is 0.755. The van der Waals surface area contributed by atoms with Crippen molar-refractivity contribution in [2.24, 2.45) is 11.8 Å². The molecule has 0 spiro atoms. The fourth-order valence-corrected chi connectivity index (χ4v) is 3.84. The predicted octanol–water partition coefficient (Wildman–Crippen LogP) is 2.45. The Balaban J connectivity index is 1.57. The van der Waals surface area contributed by atoms with E-state index in [1.54, 1.807) is 24.3 Å². The second-order valence-electron chi connectivity index (χ2n) is 7.93. The molecular weight excluding hydrogens is 372 g/mol. The number of ether oxygens (including phenoxy) is 3. The largest absolute Gasteiger partial charge is 0.494 e. The Labute approximate surface area is 172 Å². The zero-order valence-corrected chi connectivity index (χ0v) is 17.6. The third-order valence-electron chi connectivity index (χ3n) is 5.53. The lowest BCUT2D eigenvalue weighted by molar-refractivity contribution is -0.139. The van der Waals surface area contributed by atoms with Crippen LogP contribution in [0.4, 0.5) is 0 Å². The Kier molecular flexibility index (Phi) is 7.50. The van der Waals surface area contributed by atoms with Gasteiger partial charge in [-0.25, -0.2) is 0 Å². The van der Waals surface area contributed by atoms with Gasteiger partial charge in [0.15, 0.2) is 6.29 Å². The summed E-state index contributed by atoms with van der Waals surface area (Å²) in [7, 11) is 0. The summed E-state index contributed by atoms with van der Waals surface area (Å²) in [6.07, 6.45) is 1.58. The maximum absolute atomic E-state index is 13.1. The van der Waals surface area contributed by atoms with Gasteiger partial charge in [-0.1, -0.05) is 13.8 Å². The van der Waals surface area contributed by atoms with Gasteiger partial charge >= 0.3 is 0 Å². The van der Waals surface area contributed by atoms with Gasteiger partial charge in [0.2, 0.25) is 5.91 Å². The monoisotopic (exact) mass is 404 g/mol. The third kappa shape index (κ3) is 5.48. The molecule has 7 nitrogen and oxygen atoms in total. The first-order valence-corrected chi connectivity index (χ1v) is 10.5. The summed E-state index contributed by atoms with van der Waals surface area (Å²) < 4.78 is 16.6. The molecule has 7 heteroatoms. The number of amides is 2. The number of hydrogen-bond donors (Lipinski definition) is 1.